The Balaban J connectivity index is 2.37. The van der Waals surface area contributed by atoms with Crippen LogP contribution in [0.5, 0.6) is 11.5 Å². The molecule has 1 aliphatic rings. The van der Waals surface area contributed by atoms with Crippen LogP contribution in [0, 0.1) is 5.41 Å². The maximum atomic E-state index is 9.59. The van der Waals surface area contributed by atoms with Crippen LogP contribution in [0.1, 0.15) is 11.1 Å². The summed E-state index contributed by atoms with van der Waals surface area (Å²) in [6.45, 7) is 0.665. The number of phenols is 1. The van der Waals surface area contributed by atoms with E-state index in [0.717, 1.165) is 17.7 Å². The van der Waals surface area contributed by atoms with E-state index in [0.29, 0.717) is 18.6 Å². The number of amidine groups is 1. The second-order valence-corrected chi connectivity index (χ2v) is 3.39. The van der Waals surface area contributed by atoms with Crippen LogP contribution >= 0.6 is 0 Å². The van der Waals surface area contributed by atoms with Gasteiger partial charge < -0.3 is 15.6 Å². The Kier molecular flexibility index (Phi) is 2.04. The zero-order valence-electron chi connectivity index (χ0n) is 7.71. The molecule has 0 radical (unpaired) electrons. The first-order valence-corrected chi connectivity index (χ1v) is 4.47. The molecule has 0 amide bonds. The number of nitrogens with two attached hydrogens (primary N) is 1. The number of rotatable bonds is 2. The summed E-state index contributed by atoms with van der Waals surface area (Å²) < 4.78 is 5.29. The molecule has 0 saturated carbocycles. The van der Waals surface area contributed by atoms with Gasteiger partial charge in [0.15, 0.2) is 0 Å². The number of phenolic OH excluding ortho intramolecular Hbond substituents is 1. The first-order chi connectivity index (χ1) is 6.66. The summed E-state index contributed by atoms with van der Waals surface area (Å²) in [6.07, 6.45) is 1.15. The van der Waals surface area contributed by atoms with Crippen molar-refractivity contribution >= 4 is 5.84 Å². The van der Waals surface area contributed by atoms with Crippen molar-refractivity contribution in [3.05, 3.63) is 23.3 Å². The highest BCUT2D eigenvalue weighted by molar-refractivity contribution is 5.80. The van der Waals surface area contributed by atoms with Crippen molar-refractivity contribution in [1.82, 2.24) is 0 Å². The van der Waals surface area contributed by atoms with Gasteiger partial charge in [-0.2, -0.15) is 0 Å². The molecule has 0 saturated heterocycles. The van der Waals surface area contributed by atoms with E-state index < -0.39 is 0 Å². The Morgan fingerprint density at radius 3 is 3.07 bits per heavy atom. The van der Waals surface area contributed by atoms with Gasteiger partial charge in [-0.05, 0) is 11.6 Å². The average Bonchev–Trinajstić information content (AvgIpc) is 2.51. The van der Waals surface area contributed by atoms with Gasteiger partial charge in [-0.25, -0.2) is 0 Å². The fourth-order valence-corrected chi connectivity index (χ4v) is 1.61. The molecule has 0 atom stereocenters. The average molecular weight is 192 g/mol. The van der Waals surface area contributed by atoms with Crippen molar-refractivity contribution in [3.63, 3.8) is 0 Å². The summed E-state index contributed by atoms with van der Waals surface area (Å²) in [7, 11) is 0. The van der Waals surface area contributed by atoms with Crippen LogP contribution in [0.4, 0.5) is 0 Å². The van der Waals surface area contributed by atoms with Gasteiger partial charge in [-0.3, -0.25) is 5.41 Å². The third-order valence-corrected chi connectivity index (χ3v) is 2.27. The second-order valence-electron chi connectivity index (χ2n) is 3.39. The molecule has 1 aliphatic heterocycles. The molecule has 4 heteroatoms. The van der Waals surface area contributed by atoms with Crippen LogP contribution in [-0.2, 0) is 12.8 Å². The SMILES string of the molecule is N=C(N)Cc1cc2c(cc1O)OCC2. The van der Waals surface area contributed by atoms with Crippen molar-refractivity contribution in [1.29, 1.82) is 5.41 Å². The molecule has 0 fully saturated rings. The van der Waals surface area contributed by atoms with E-state index in [2.05, 4.69) is 0 Å². The Labute approximate surface area is 81.8 Å². The summed E-state index contributed by atoms with van der Waals surface area (Å²) in [5, 5.41) is 16.8. The van der Waals surface area contributed by atoms with Crippen molar-refractivity contribution in [3.8, 4) is 11.5 Å². The zero-order valence-corrected chi connectivity index (χ0v) is 7.71. The molecule has 1 heterocycles. The largest absolute Gasteiger partial charge is 0.508 e. The van der Waals surface area contributed by atoms with Gasteiger partial charge in [0.1, 0.15) is 11.5 Å². The molecule has 1 aromatic rings. The van der Waals surface area contributed by atoms with Gasteiger partial charge in [0, 0.05) is 24.5 Å². The number of ether oxygens (including phenoxy) is 1. The van der Waals surface area contributed by atoms with Crippen molar-refractivity contribution < 1.29 is 9.84 Å². The number of fused-ring (bicyclic) bond motifs is 1. The summed E-state index contributed by atoms with van der Waals surface area (Å²) in [6, 6.07) is 3.46. The smallest absolute Gasteiger partial charge is 0.126 e. The Morgan fingerprint density at radius 1 is 1.57 bits per heavy atom. The van der Waals surface area contributed by atoms with Gasteiger partial charge >= 0.3 is 0 Å². The van der Waals surface area contributed by atoms with E-state index in [-0.39, 0.29) is 11.6 Å². The van der Waals surface area contributed by atoms with E-state index in [9.17, 15) is 5.11 Å². The van der Waals surface area contributed by atoms with Gasteiger partial charge in [-0.1, -0.05) is 0 Å². The van der Waals surface area contributed by atoms with E-state index in [4.69, 9.17) is 15.9 Å². The first-order valence-electron chi connectivity index (χ1n) is 4.47. The zero-order chi connectivity index (χ0) is 10.1. The third-order valence-electron chi connectivity index (χ3n) is 2.27. The van der Waals surface area contributed by atoms with Gasteiger partial charge in [0.05, 0.1) is 12.4 Å². The van der Waals surface area contributed by atoms with Gasteiger partial charge in [0.25, 0.3) is 0 Å². The summed E-state index contributed by atoms with van der Waals surface area (Å²) in [5.41, 5.74) is 7.06. The van der Waals surface area contributed by atoms with Crippen LogP contribution in [-0.4, -0.2) is 17.5 Å². The normalized spacial score (nSPS) is 13.4. The predicted molar refractivity (Wildman–Crippen MR) is 52.9 cm³/mol. The topological polar surface area (TPSA) is 79.3 Å². The molecule has 1 aromatic carbocycles. The molecule has 4 N–H and O–H groups in total. The van der Waals surface area contributed by atoms with E-state index in [1.54, 1.807) is 6.07 Å². The highest BCUT2D eigenvalue weighted by Crippen LogP contribution is 2.32. The van der Waals surface area contributed by atoms with Crippen molar-refractivity contribution in [2.45, 2.75) is 12.8 Å². The minimum atomic E-state index is 0.0548. The molecule has 0 bridgehead atoms. The van der Waals surface area contributed by atoms with Crippen LogP contribution in [0.2, 0.25) is 0 Å². The lowest BCUT2D eigenvalue weighted by atomic mass is 10.0. The van der Waals surface area contributed by atoms with Gasteiger partial charge in [0.2, 0.25) is 0 Å². The number of hydrogen-bond acceptors (Lipinski definition) is 3. The van der Waals surface area contributed by atoms with Gasteiger partial charge in [-0.15, -0.1) is 0 Å². The van der Waals surface area contributed by atoms with Crippen molar-refractivity contribution in [2.24, 2.45) is 5.73 Å². The minimum absolute atomic E-state index is 0.0548. The number of aromatic hydroxyl groups is 1. The molecule has 0 spiro atoms. The first kappa shape index (κ1) is 8.87. The number of nitrogens with one attached hydrogen (secondary N) is 1. The lowest BCUT2D eigenvalue weighted by Gasteiger charge is -2.06. The molecule has 0 aromatic heterocycles. The fourth-order valence-electron chi connectivity index (χ4n) is 1.61. The molecule has 0 unspecified atom stereocenters. The number of benzene rings is 1. The standard InChI is InChI=1S/C10H12N2O2/c11-10(12)4-7-3-6-1-2-14-9(6)5-8(7)13/h3,5,13H,1-2,4H2,(H3,11,12). The number of hydrogen-bond donors (Lipinski definition) is 3. The Bertz CT molecular complexity index is 388. The highest BCUT2D eigenvalue weighted by atomic mass is 16.5. The summed E-state index contributed by atoms with van der Waals surface area (Å²) in [4.78, 5) is 0. The monoisotopic (exact) mass is 192 g/mol. The van der Waals surface area contributed by atoms with Crippen LogP contribution in [0.15, 0.2) is 12.1 Å². The molecular formula is C10H12N2O2. The second kappa shape index (κ2) is 3.21. The van der Waals surface area contributed by atoms with Crippen LogP contribution in [0.25, 0.3) is 0 Å². The molecule has 2 rings (SSSR count). The molecule has 14 heavy (non-hydrogen) atoms. The predicted octanol–water partition coefficient (Wildman–Crippen LogP) is 0.806. The fraction of sp³-hybridized carbons (Fsp3) is 0.300. The summed E-state index contributed by atoms with van der Waals surface area (Å²) >= 11 is 0. The Hall–Kier alpha value is -1.71. The molecular weight excluding hydrogens is 180 g/mol. The van der Waals surface area contributed by atoms with Crippen LogP contribution < -0.4 is 10.5 Å². The molecule has 0 aliphatic carbocycles. The summed E-state index contributed by atoms with van der Waals surface area (Å²) in [5.74, 6) is 0.954. The lowest BCUT2D eigenvalue weighted by Crippen LogP contribution is -2.12. The highest BCUT2D eigenvalue weighted by Gasteiger charge is 2.15. The van der Waals surface area contributed by atoms with Crippen LogP contribution in [0.3, 0.4) is 0 Å². The van der Waals surface area contributed by atoms with E-state index in [1.165, 1.54) is 0 Å². The van der Waals surface area contributed by atoms with E-state index >= 15 is 0 Å². The maximum absolute atomic E-state index is 9.59. The molecule has 4 nitrogen and oxygen atoms in total. The maximum Gasteiger partial charge on any atom is 0.126 e. The lowest BCUT2D eigenvalue weighted by molar-refractivity contribution is 0.354. The quantitative estimate of drug-likeness (QED) is 0.479. The van der Waals surface area contributed by atoms with Crippen molar-refractivity contribution in [2.75, 3.05) is 6.61 Å². The van der Waals surface area contributed by atoms with E-state index in [1.807, 2.05) is 6.07 Å². The third kappa shape index (κ3) is 1.51. The molecule has 74 valence electrons. The minimum Gasteiger partial charge on any atom is -0.508 e. The Morgan fingerprint density at radius 2 is 2.36 bits per heavy atom.